The van der Waals surface area contributed by atoms with E-state index in [0.717, 1.165) is 4.47 Å². The number of amides is 1. The van der Waals surface area contributed by atoms with E-state index in [9.17, 15) is 18.0 Å². The van der Waals surface area contributed by atoms with Crippen molar-refractivity contribution < 1.29 is 22.7 Å². The van der Waals surface area contributed by atoms with Crippen LogP contribution in [0.25, 0.3) is 0 Å². The van der Waals surface area contributed by atoms with Crippen LogP contribution < -0.4 is 5.32 Å². The van der Waals surface area contributed by atoms with Crippen LogP contribution in [0.2, 0.25) is 0 Å². The molecule has 2 aromatic rings. The Kier molecular flexibility index (Phi) is 7.46. The molecule has 0 saturated carbocycles. The number of rotatable bonds is 6. The van der Waals surface area contributed by atoms with Crippen LogP contribution in [-0.4, -0.2) is 48.9 Å². The van der Waals surface area contributed by atoms with Crippen molar-refractivity contribution in [2.75, 3.05) is 25.0 Å². The molecule has 1 saturated heterocycles. The van der Waals surface area contributed by atoms with Crippen molar-refractivity contribution in [2.45, 2.75) is 38.5 Å². The first-order valence-electron chi connectivity index (χ1n) is 10.5. The lowest BCUT2D eigenvalue weighted by atomic mass is 9.99. The Morgan fingerprint density at radius 2 is 1.97 bits per heavy atom. The lowest BCUT2D eigenvalue weighted by Crippen LogP contribution is -2.44. The van der Waals surface area contributed by atoms with Gasteiger partial charge in [0, 0.05) is 41.7 Å². The number of hydrogen-bond donors (Lipinski definition) is 1. The summed E-state index contributed by atoms with van der Waals surface area (Å²) in [5.41, 5.74) is 1.70. The normalized spacial score (nSPS) is 17.2. The standard InChI is InChI=1S/C22H28BrN3O5S/c1-5-31-22(28)19-14(2)25(4)15(3)20(19)32(29,30)26-11-7-8-16(13-26)21(27)24-18-10-6-9-17(23)12-18/h6,9-10,12,16H,5,7-8,11,13H2,1-4H3,(H,24,27)/t16-/m1/s1. The van der Waals surface area contributed by atoms with Gasteiger partial charge in [0.2, 0.25) is 15.9 Å². The molecule has 1 aromatic heterocycles. The fourth-order valence-electron chi connectivity index (χ4n) is 3.99. The summed E-state index contributed by atoms with van der Waals surface area (Å²) >= 11 is 3.38. The monoisotopic (exact) mass is 525 g/mol. The lowest BCUT2D eigenvalue weighted by molar-refractivity contribution is -0.120. The largest absolute Gasteiger partial charge is 0.462 e. The van der Waals surface area contributed by atoms with Crippen LogP contribution in [0.1, 0.15) is 41.5 Å². The number of anilines is 1. The van der Waals surface area contributed by atoms with Gasteiger partial charge in [-0.25, -0.2) is 13.2 Å². The van der Waals surface area contributed by atoms with Crippen molar-refractivity contribution in [1.82, 2.24) is 8.87 Å². The van der Waals surface area contributed by atoms with Gasteiger partial charge in [0.15, 0.2) is 0 Å². The summed E-state index contributed by atoms with van der Waals surface area (Å²) in [6.45, 7) is 5.53. The molecule has 0 radical (unpaired) electrons. The third kappa shape index (κ3) is 4.77. The number of carbonyl (C=O) groups excluding carboxylic acids is 2. The van der Waals surface area contributed by atoms with E-state index in [0.29, 0.717) is 36.5 Å². The summed E-state index contributed by atoms with van der Waals surface area (Å²) in [4.78, 5) is 25.4. The minimum atomic E-state index is -4.01. The number of halogens is 1. The molecule has 1 aliphatic heterocycles. The first-order valence-corrected chi connectivity index (χ1v) is 12.7. The predicted octanol–water partition coefficient (Wildman–Crippen LogP) is 3.62. The average molecular weight is 526 g/mol. The van der Waals surface area contributed by atoms with Crippen molar-refractivity contribution in [3.8, 4) is 0 Å². The second kappa shape index (κ2) is 9.76. The van der Waals surface area contributed by atoms with Crippen LogP contribution in [0.15, 0.2) is 33.6 Å². The van der Waals surface area contributed by atoms with Crippen LogP contribution in [-0.2, 0) is 26.6 Å². The molecule has 0 aliphatic carbocycles. The number of piperidine rings is 1. The second-order valence-corrected chi connectivity index (χ2v) is 10.6. The smallest absolute Gasteiger partial charge is 0.341 e. The number of carbonyl (C=O) groups is 2. The topological polar surface area (TPSA) is 97.7 Å². The van der Waals surface area contributed by atoms with Gasteiger partial charge in [-0.05, 0) is 51.8 Å². The molecule has 0 spiro atoms. The average Bonchev–Trinajstić information content (AvgIpc) is 2.98. The molecular formula is C22H28BrN3O5S. The van der Waals surface area contributed by atoms with E-state index in [1.807, 2.05) is 12.1 Å². The Balaban J connectivity index is 1.88. The van der Waals surface area contributed by atoms with Gasteiger partial charge in [-0.2, -0.15) is 4.31 Å². The molecule has 10 heteroatoms. The second-order valence-electron chi connectivity index (χ2n) is 7.86. The molecule has 1 aliphatic rings. The van der Waals surface area contributed by atoms with Gasteiger partial charge in [0.05, 0.1) is 12.5 Å². The molecule has 32 heavy (non-hydrogen) atoms. The number of aromatic nitrogens is 1. The summed E-state index contributed by atoms with van der Waals surface area (Å²) in [7, 11) is -2.29. The molecule has 8 nitrogen and oxygen atoms in total. The summed E-state index contributed by atoms with van der Waals surface area (Å²) in [6, 6.07) is 7.24. The van der Waals surface area contributed by atoms with E-state index in [4.69, 9.17) is 4.74 Å². The number of esters is 1. The first kappa shape index (κ1) is 24.5. The number of hydrogen-bond acceptors (Lipinski definition) is 5. The molecule has 1 fully saturated rings. The fourth-order valence-corrected chi connectivity index (χ4v) is 6.39. The Morgan fingerprint density at radius 1 is 1.25 bits per heavy atom. The van der Waals surface area contributed by atoms with E-state index in [1.54, 1.807) is 44.5 Å². The zero-order valence-corrected chi connectivity index (χ0v) is 21.0. The number of ether oxygens (including phenoxy) is 1. The minimum Gasteiger partial charge on any atom is -0.462 e. The van der Waals surface area contributed by atoms with Crippen LogP contribution in [0.4, 0.5) is 5.69 Å². The molecule has 174 valence electrons. The number of sulfonamides is 1. The van der Waals surface area contributed by atoms with Crippen molar-refractivity contribution in [2.24, 2.45) is 13.0 Å². The van der Waals surface area contributed by atoms with E-state index >= 15 is 0 Å². The van der Waals surface area contributed by atoms with E-state index < -0.39 is 21.9 Å². The zero-order valence-electron chi connectivity index (χ0n) is 18.6. The number of nitrogens with one attached hydrogen (secondary N) is 1. The maximum atomic E-state index is 13.6. The van der Waals surface area contributed by atoms with Gasteiger partial charge < -0.3 is 14.6 Å². The van der Waals surface area contributed by atoms with Gasteiger partial charge in [0.1, 0.15) is 10.5 Å². The molecule has 0 bridgehead atoms. The molecule has 1 N–H and O–H groups in total. The highest BCUT2D eigenvalue weighted by Crippen LogP contribution is 2.32. The Morgan fingerprint density at radius 3 is 2.62 bits per heavy atom. The number of nitrogens with zero attached hydrogens (tertiary/aromatic N) is 2. The van der Waals surface area contributed by atoms with E-state index in [2.05, 4.69) is 21.2 Å². The van der Waals surface area contributed by atoms with Gasteiger partial charge in [-0.3, -0.25) is 4.79 Å². The van der Waals surface area contributed by atoms with Gasteiger partial charge in [0.25, 0.3) is 0 Å². The lowest BCUT2D eigenvalue weighted by Gasteiger charge is -2.31. The van der Waals surface area contributed by atoms with Gasteiger partial charge in [-0.15, -0.1) is 0 Å². The minimum absolute atomic E-state index is 0.0380. The molecule has 1 amide bonds. The predicted molar refractivity (Wildman–Crippen MR) is 125 cm³/mol. The van der Waals surface area contributed by atoms with Crippen molar-refractivity contribution in [3.05, 3.63) is 45.7 Å². The van der Waals surface area contributed by atoms with Crippen LogP contribution >= 0.6 is 15.9 Å². The Bertz CT molecular complexity index is 1140. The molecule has 3 rings (SSSR count). The maximum absolute atomic E-state index is 13.6. The molecule has 1 aromatic carbocycles. The summed E-state index contributed by atoms with van der Waals surface area (Å²) in [5.74, 6) is -1.38. The van der Waals surface area contributed by atoms with Crippen LogP contribution in [0, 0.1) is 19.8 Å². The summed E-state index contributed by atoms with van der Waals surface area (Å²) < 4.78 is 36.2. The highest BCUT2D eigenvalue weighted by molar-refractivity contribution is 9.10. The SMILES string of the molecule is CCOC(=O)c1c(S(=O)(=O)N2CCC[C@@H](C(=O)Nc3cccc(Br)c3)C2)c(C)n(C)c1C. The molecule has 0 unspecified atom stereocenters. The third-order valence-electron chi connectivity index (χ3n) is 5.85. The number of benzene rings is 1. The summed E-state index contributed by atoms with van der Waals surface area (Å²) in [5, 5.41) is 2.87. The fraction of sp³-hybridized carbons (Fsp3) is 0.455. The first-order chi connectivity index (χ1) is 15.1. The maximum Gasteiger partial charge on any atom is 0.341 e. The van der Waals surface area contributed by atoms with E-state index in [-0.39, 0.29) is 29.5 Å². The Hall–Kier alpha value is -2.17. The quantitative estimate of drug-likeness (QED) is 0.580. The van der Waals surface area contributed by atoms with Gasteiger partial charge in [-0.1, -0.05) is 22.0 Å². The highest BCUT2D eigenvalue weighted by Gasteiger charge is 2.39. The van der Waals surface area contributed by atoms with Crippen LogP contribution in [0.5, 0.6) is 0 Å². The third-order valence-corrected chi connectivity index (χ3v) is 8.37. The van der Waals surface area contributed by atoms with Crippen LogP contribution in [0.3, 0.4) is 0 Å². The highest BCUT2D eigenvalue weighted by atomic mass is 79.9. The molecule has 2 heterocycles. The Labute approximate surface area is 197 Å². The van der Waals surface area contributed by atoms with Crippen molar-refractivity contribution in [1.29, 1.82) is 0 Å². The van der Waals surface area contributed by atoms with Crippen molar-refractivity contribution >= 4 is 43.5 Å². The molecular weight excluding hydrogens is 498 g/mol. The molecule has 1 atom stereocenters. The van der Waals surface area contributed by atoms with Crippen molar-refractivity contribution in [3.63, 3.8) is 0 Å². The zero-order chi connectivity index (χ0) is 23.6. The summed E-state index contributed by atoms with van der Waals surface area (Å²) in [6.07, 6.45) is 1.14. The van der Waals surface area contributed by atoms with E-state index in [1.165, 1.54) is 4.31 Å². The van der Waals surface area contributed by atoms with Gasteiger partial charge >= 0.3 is 5.97 Å².